The molecule has 1 atom stereocenters. The van der Waals surface area contributed by atoms with Crippen molar-refractivity contribution in [2.45, 2.75) is 26.2 Å². The van der Waals surface area contributed by atoms with Crippen LogP contribution >= 0.6 is 0 Å². The number of aryl methyl sites for hydroxylation is 1. The number of hydrogen-bond acceptors (Lipinski definition) is 3. The molecule has 0 amide bonds. The van der Waals surface area contributed by atoms with Crippen LogP contribution in [0, 0.1) is 5.92 Å². The quantitative estimate of drug-likeness (QED) is 0.845. The number of fused-ring (bicyclic) bond motifs is 1. The molecular formula is C15H19NO3. The molecule has 0 spiro atoms. The van der Waals surface area contributed by atoms with Crippen molar-refractivity contribution < 1.29 is 14.7 Å². The van der Waals surface area contributed by atoms with Gasteiger partial charge in [-0.15, -0.1) is 0 Å². The molecule has 1 aromatic carbocycles. The van der Waals surface area contributed by atoms with Crippen LogP contribution in [0.5, 0.6) is 0 Å². The highest BCUT2D eigenvalue weighted by molar-refractivity contribution is 5.98. The highest BCUT2D eigenvalue weighted by Gasteiger charge is 2.19. The third-order valence-corrected chi connectivity index (χ3v) is 3.67. The predicted octanol–water partition coefficient (Wildman–Crippen LogP) is 2.36. The first kappa shape index (κ1) is 13.6. The second-order valence-corrected chi connectivity index (χ2v) is 5.24. The number of benzene rings is 1. The number of ketones is 1. The van der Waals surface area contributed by atoms with Gasteiger partial charge in [-0.25, -0.2) is 0 Å². The summed E-state index contributed by atoms with van der Waals surface area (Å²) in [6.07, 6.45) is 2.13. The molecule has 0 bridgehead atoms. The van der Waals surface area contributed by atoms with Crippen molar-refractivity contribution in [3.63, 3.8) is 0 Å². The van der Waals surface area contributed by atoms with Gasteiger partial charge in [-0.05, 0) is 36.6 Å². The molecule has 0 fully saturated rings. The first-order chi connectivity index (χ1) is 8.99. The lowest BCUT2D eigenvalue weighted by molar-refractivity contribution is -0.141. The number of carboxylic acid groups (broad SMARTS) is 1. The largest absolute Gasteiger partial charge is 0.481 e. The standard InChI is InChI=1S/C15H19NO3/c1-10(15(18)19)8-14(17)12-5-6-13-11(9-12)4-3-7-16(13)2/h5-6,9-10H,3-4,7-8H2,1-2H3,(H,18,19). The van der Waals surface area contributed by atoms with Crippen molar-refractivity contribution in [3.8, 4) is 0 Å². The summed E-state index contributed by atoms with van der Waals surface area (Å²) in [5, 5.41) is 8.85. The van der Waals surface area contributed by atoms with Gasteiger partial charge >= 0.3 is 5.97 Å². The Morgan fingerprint density at radius 1 is 1.42 bits per heavy atom. The molecule has 1 heterocycles. The summed E-state index contributed by atoms with van der Waals surface area (Å²) in [6, 6.07) is 5.69. The Bertz CT molecular complexity index is 510. The van der Waals surface area contributed by atoms with Gasteiger partial charge in [-0.1, -0.05) is 6.92 Å². The summed E-state index contributed by atoms with van der Waals surface area (Å²) in [5.74, 6) is -1.65. The van der Waals surface area contributed by atoms with E-state index in [4.69, 9.17) is 5.11 Å². The minimum Gasteiger partial charge on any atom is -0.481 e. The van der Waals surface area contributed by atoms with Crippen LogP contribution in [0.25, 0.3) is 0 Å². The molecule has 4 heteroatoms. The molecular weight excluding hydrogens is 242 g/mol. The highest BCUT2D eigenvalue weighted by atomic mass is 16.4. The molecule has 2 rings (SSSR count). The Balaban J connectivity index is 2.18. The molecule has 1 unspecified atom stereocenters. The van der Waals surface area contributed by atoms with Crippen LogP contribution < -0.4 is 4.90 Å². The Morgan fingerprint density at radius 2 is 2.16 bits per heavy atom. The van der Waals surface area contributed by atoms with E-state index in [9.17, 15) is 9.59 Å². The van der Waals surface area contributed by atoms with Crippen molar-refractivity contribution in [2.75, 3.05) is 18.5 Å². The molecule has 102 valence electrons. The van der Waals surface area contributed by atoms with Gasteiger partial charge in [0.2, 0.25) is 0 Å². The molecule has 0 radical (unpaired) electrons. The minimum absolute atomic E-state index is 0.0595. The van der Waals surface area contributed by atoms with Crippen LogP contribution in [0.15, 0.2) is 18.2 Å². The van der Waals surface area contributed by atoms with Crippen LogP contribution in [0.1, 0.15) is 35.7 Å². The minimum atomic E-state index is -0.925. The number of Topliss-reactive ketones (excluding diaryl/α,β-unsaturated/α-hetero) is 1. The maximum absolute atomic E-state index is 12.0. The SMILES string of the molecule is CC(CC(=O)c1ccc2c(c1)CCCN2C)C(=O)O. The molecule has 0 saturated heterocycles. The second-order valence-electron chi connectivity index (χ2n) is 5.24. The number of hydrogen-bond donors (Lipinski definition) is 1. The van der Waals surface area contributed by atoms with Gasteiger partial charge in [0.05, 0.1) is 5.92 Å². The zero-order chi connectivity index (χ0) is 14.0. The van der Waals surface area contributed by atoms with E-state index < -0.39 is 11.9 Å². The maximum atomic E-state index is 12.0. The van der Waals surface area contributed by atoms with Crippen LogP contribution in [-0.4, -0.2) is 30.5 Å². The smallest absolute Gasteiger partial charge is 0.306 e. The lowest BCUT2D eigenvalue weighted by Crippen LogP contribution is -2.25. The van der Waals surface area contributed by atoms with Crippen molar-refractivity contribution >= 4 is 17.4 Å². The Labute approximate surface area is 113 Å². The summed E-state index contributed by atoms with van der Waals surface area (Å²) in [5.41, 5.74) is 2.99. The fourth-order valence-corrected chi connectivity index (χ4v) is 2.44. The maximum Gasteiger partial charge on any atom is 0.306 e. The number of anilines is 1. The van der Waals surface area contributed by atoms with Gasteiger partial charge in [0.25, 0.3) is 0 Å². The summed E-state index contributed by atoms with van der Waals surface area (Å²) >= 11 is 0. The summed E-state index contributed by atoms with van der Waals surface area (Å²) in [6.45, 7) is 2.60. The van der Waals surface area contributed by atoms with E-state index in [0.29, 0.717) is 5.56 Å². The van der Waals surface area contributed by atoms with Crippen LogP contribution in [0.2, 0.25) is 0 Å². The number of carboxylic acids is 1. The number of carbonyl (C=O) groups excluding carboxylic acids is 1. The van der Waals surface area contributed by atoms with E-state index in [0.717, 1.165) is 19.4 Å². The first-order valence-electron chi connectivity index (χ1n) is 6.59. The van der Waals surface area contributed by atoms with Gasteiger partial charge in [-0.2, -0.15) is 0 Å². The van der Waals surface area contributed by atoms with E-state index in [1.54, 1.807) is 13.0 Å². The van der Waals surface area contributed by atoms with Gasteiger partial charge < -0.3 is 10.0 Å². The van der Waals surface area contributed by atoms with Crippen LogP contribution in [0.4, 0.5) is 5.69 Å². The monoisotopic (exact) mass is 261 g/mol. The number of nitrogens with zero attached hydrogens (tertiary/aromatic N) is 1. The average Bonchev–Trinajstić information content (AvgIpc) is 2.38. The molecule has 1 aliphatic rings. The molecule has 0 saturated carbocycles. The third kappa shape index (κ3) is 2.95. The average molecular weight is 261 g/mol. The normalized spacial score (nSPS) is 15.8. The highest BCUT2D eigenvalue weighted by Crippen LogP contribution is 2.27. The van der Waals surface area contributed by atoms with Gasteiger partial charge in [0, 0.05) is 31.3 Å². The van der Waals surface area contributed by atoms with E-state index in [1.807, 2.05) is 19.2 Å². The zero-order valence-corrected chi connectivity index (χ0v) is 11.3. The van der Waals surface area contributed by atoms with Crippen molar-refractivity contribution in [2.24, 2.45) is 5.92 Å². The van der Waals surface area contributed by atoms with Gasteiger partial charge in [0.1, 0.15) is 0 Å². The summed E-state index contributed by atoms with van der Waals surface area (Å²) in [7, 11) is 2.05. The number of carbonyl (C=O) groups is 2. The van der Waals surface area contributed by atoms with E-state index in [-0.39, 0.29) is 12.2 Å². The fourth-order valence-electron chi connectivity index (χ4n) is 2.44. The van der Waals surface area contributed by atoms with E-state index in [1.165, 1.54) is 11.3 Å². The van der Waals surface area contributed by atoms with Crippen molar-refractivity contribution in [1.82, 2.24) is 0 Å². The molecule has 0 aromatic heterocycles. The topological polar surface area (TPSA) is 57.6 Å². The lowest BCUT2D eigenvalue weighted by Gasteiger charge is -2.27. The molecule has 4 nitrogen and oxygen atoms in total. The van der Waals surface area contributed by atoms with Gasteiger partial charge in [0.15, 0.2) is 5.78 Å². The van der Waals surface area contributed by atoms with E-state index >= 15 is 0 Å². The van der Waals surface area contributed by atoms with E-state index in [2.05, 4.69) is 4.90 Å². The van der Waals surface area contributed by atoms with Crippen LogP contribution in [0.3, 0.4) is 0 Å². The summed E-state index contributed by atoms with van der Waals surface area (Å²) < 4.78 is 0. The Morgan fingerprint density at radius 3 is 2.84 bits per heavy atom. The molecule has 1 aromatic rings. The van der Waals surface area contributed by atoms with Crippen LogP contribution in [-0.2, 0) is 11.2 Å². The van der Waals surface area contributed by atoms with Crippen molar-refractivity contribution in [3.05, 3.63) is 29.3 Å². The molecule has 1 N–H and O–H groups in total. The third-order valence-electron chi connectivity index (χ3n) is 3.67. The molecule has 1 aliphatic heterocycles. The molecule has 0 aliphatic carbocycles. The Hall–Kier alpha value is -1.84. The Kier molecular flexibility index (Phi) is 3.88. The number of rotatable bonds is 4. The zero-order valence-electron chi connectivity index (χ0n) is 11.3. The second kappa shape index (κ2) is 5.43. The molecule has 19 heavy (non-hydrogen) atoms. The fraction of sp³-hybridized carbons (Fsp3) is 0.467. The van der Waals surface area contributed by atoms with Crippen molar-refractivity contribution in [1.29, 1.82) is 0 Å². The predicted molar refractivity (Wildman–Crippen MR) is 73.8 cm³/mol. The lowest BCUT2D eigenvalue weighted by atomic mass is 9.95. The summed E-state index contributed by atoms with van der Waals surface area (Å²) in [4.78, 5) is 25.0. The first-order valence-corrected chi connectivity index (χ1v) is 6.59. The number of aliphatic carboxylic acids is 1. The van der Waals surface area contributed by atoms with Gasteiger partial charge in [-0.3, -0.25) is 9.59 Å².